The van der Waals surface area contributed by atoms with Gasteiger partial charge in [0.2, 0.25) is 0 Å². The van der Waals surface area contributed by atoms with E-state index in [0.717, 1.165) is 32.8 Å². The van der Waals surface area contributed by atoms with E-state index in [4.69, 9.17) is 0 Å². The lowest BCUT2D eigenvalue weighted by Gasteiger charge is -1.90. The number of nitro groups is 1. The first-order chi connectivity index (χ1) is 8.65. The van der Waals surface area contributed by atoms with E-state index in [1.807, 2.05) is 25.1 Å². The summed E-state index contributed by atoms with van der Waals surface area (Å²) in [5.41, 5.74) is 2.94. The van der Waals surface area contributed by atoms with E-state index >= 15 is 0 Å². The topological polar surface area (TPSA) is 71.8 Å². The molecule has 0 saturated heterocycles. The molecule has 18 heavy (non-hydrogen) atoms. The van der Waals surface area contributed by atoms with Gasteiger partial charge in [-0.15, -0.1) is 0 Å². The van der Waals surface area contributed by atoms with Crippen molar-refractivity contribution in [3.05, 3.63) is 46.0 Å². The Bertz CT molecular complexity index is 745. The molecule has 0 radical (unpaired) electrons. The summed E-state index contributed by atoms with van der Waals surface area (Å²) in [6.07, 6.45) is 0. The van der Waals surface area contributed by atoms with Crippen LogP contribution in [0.15, 0.2) is 30.3 Å². The molecule has 1 N–H and O–H groups in total. The van der Waals surface area contributed by atoms with Crippen LogP contribution in [0.25, 0.3) is 21.7 Å². The van der Waals surface area contributed by atoms with Gasteiger partial charge in [-0.25, -0.2) is 4.98 Å². The Balaban J connectivity index is 2.13. The Morgan fingerprint density at radius 1 is 1.33 bits per heavy atom. The molecule has 0 fully saturated rings. The van der Waals surface area contributed by atoms with Gasteiger partial charge >= 0.3 is 5.00 Å². The predicted molar refractivity (Wildman–Crippen MR) is 70.8 cm³/mol. The average Bonchev–Trinajstić information content (AvgIpc) is 2.95. The highest BCUT2D eigenvalue weighted by atomic mass is 32.1. The van der Waals surface area contributed by atoms with Gasteiger partial charge < -0.3 is 4.98 Å². The molecule has 0 amide bonds. The Morgan fingerprint density at radius 3 is 2.83 bits per heavy atom. The first-order valence-corrected chi connectivity index (χ1v) is 6.17. The fraction of sp³-hybridized carbons (Fsp3) is 0.0833. The zero-order valence-corrected chi connectivity index (χ0v) is 10.3. The number of nitrogens with zero attached hydrogens (tertiary/aromatic N) is 2. The van der Waals surface area contributed by atoms with Crippen LogP contribution in [0.4, 0.5) is 5.00 Å². The summed E-state index contributed by atoms with van der Waals surface area (Å²) in [5, 5.41) is 10.8. The van der Waals surface area contributed by atoms with Crippen LogP contribution in [0.5, 0.6) is 0 Å². The van der Waals surface area contributed by atoms with Crippen molar-refractivity contribution in [1.29, 1.82) is 0 Å². The number of imidazole rings is 1. The van der Waals surface area contributed by atoms with Crippen LogP contribution in [0.3, 0.4) is 0 Å². The summed E-state index contributed by atoms with van der Waals surface area (Å²) in [5.74, 6) is 0.678. The maximum absolute atomic E-state index is 10.7. The molecule has 0 aliphatic rings. The van der Waals surface area contributed by atoms with Gasteiger partial charge in [-0.05, 0) is 24.6 Å². The number of para-hydroxylation sites is 1. The van der Waals surface area contributed by atoms with E-state index in [-0.39, 0.29) is 9.92 Å². The number of nitrogens with one attached hydrogen (secondary N) is 1. The highest BCUT2D eigenvalue weighted by Crippen LogP contribution is 2.32. The van der Waals surface area contributed by atoms with Gasteiger partial charge in [0.25, 0.3) is 0 Å². The molecule has 2 heterocycles. The van der Waals surface area contributed by atoms with Gasteiger partial charge in [0.1, 0.15) is 5.82 Å². The molecule has 0 aliphatic heterocycles. The van der Waals surface area contributed by atoms with Crippen LogP contribution in [-0.4, -0.2) is 14.9 Å². The standard InChI is InChI=1S/C12H9N3O2S/c1-7-3-2-4-8-11(7)14-12(13-8)9-5-6-10(18-9)15(16)17/h2-6H,1H3,(H,13,14). The van der Waals surface area contributed by atoms with Crippen molar-refractivity contribution in [2.75, 3.05) is 0 Å². The molecule has 0 bridgehead atoms. The second-order valence-corrected chi connectivity index (χ2v) is 5.01. The lowest BCUT2D eigenvalue weighted by Crippen LogP contribution is -1.80. The van der Waals surface area contributed by atoms with E-state index in [2.05, 4.69) is 9.97 Å². The highest BCUT2D eigenvalue weighted by Gasteiger charge is 2.14. The van der Waals surface area contributed by atoms with Gasteiger partial charge in [0, 0.05) is 6.07 Å². The third-order valence-corrected chi connectivity index (χ3v) is 3.76. The molecule has 0 aliphatic carbocycles. The first kappa shape index (κ1) is 10.9. The smallest absolute Gasteiger partial charge is 0.324 e. The fourth-order valence-corrected chi connectivity index (χ4v) is 2.61. The second kappa shape index (κ2) is 3.92. The van der Waals surface area contributed by atoms with Crippen molar-refractivity contribution in [1.82, 2.24) is 9.97 Å². The van der Waals surface area contributed by atoms with Gasteiger partial charge in [0.05, 0.1) is 20.8 Å². The molecule has 3 rings (SSSR count). The van der Waals surface area contributed by atoms with E-state index in [0.29, 0.717) is 5.82 Å². The van der Waals surface area contributed by atoms with Gasteiger partial charge in [-0.2, -0.15) is 0 Å². The normalized spacial score (nSPS) is 10.9. The highest BCUT2D eigenvalue weighted by molar-refractivity contribution is 7.18. The van der Waals surface area contributed by atoms with Crippen LogP contribution >= 0.6 is 11.3 Å². The maximum Gasteiger partial charge on any atom is 0.324 e. The Hall–Kier alpha value is -2.21. The number of thiophene rings is 1. The maximum atomic E-state index is 10.7. The summed E-state index contributed by atoms with van der Waals surface area (Å²) < 4.78 is 0. The number of rotatable bonds is 2. The lowest BCUT2D eigenvalue weighted by atomic mass is 10.2. The van der Waals surface area contributed by atoms with E-state index in [1.165, 1.54) is 6.07 Å². The Labute approximate surface area is 106 Å². The van der Waals surface area contributed by atoms with Gasteiger partial charge in [0.15, 0.2) is 0 Å². The third-order valence-electron chi connectivity index (χ3n) is 2.72. The van der Waals surface area contributed by atoms with Crippen molar-refractivity contribution in [3.8, 4) is 10.7 Å². The summed E-state index contributed by atoms with van der Waals surface area (Å²) in [4.78, 5) is 18.7. The van der Waals surface area contributed by atoms with Crippen molar-refractivity contribution in [2.45, 2.75) is 6.92 Å². The molecule has 0 atom stereocenters. The minimum atomic E-state index is -0.387. The quantitative estimate of drug-likeness (QED) is 0.565. The first-order valence-electron chi connectivity index (χ1n) is 5.35. The predicted octanol–water partition coefficient (Wildman–Crippen LogP) is 3.51. The zero-order chi connectivity index (χ0) is 12.7. The summed E-state index contributed by atoms with van der Waals surface area (Å²) in [7, 11) is 0. The zero-order valence-electron chi connectivity index (χ0n) is 9.51. The van der Waals surface area contributed by atoms with Crippen molar-refractivity contribution < 1.29 is 4.92 Å². The van der Waals surface area contributed by atoms with E-state index < -0.39 is 0 Å². The van der Waals surface area contributed by atoms with Gasteiger partial charge in [-0.3, -0.25) is 10.1 Å². The molecule has 0 unspecified atom stereocenters. The number of aromatic nitrogens is 2. The van der Waals surface area contributed by atoms with E-state index in [9.17, 15) is 10.1 Å². The van der Waals surface area contributed by atoms with Gasteiger partial charge in [-0.1, -0.05) is 23.5 Å². The summed E-state index contributed by atoms with van der Waals surface area (Å²) >= 11 is 1.12. The summed E-state index contributed by atoms with van der Waals surface area (Å²) in [6, 6.07) is 9.11. The molecule has 0 spiro atoms. The average molecular weight is 259 g/mol. The summed E-state index contributed by atoms with van der Waals surface area (Å²) in [6.45, 7) is 1.99. The number of H-pyrrole nitrogens is 1. The molecular weight excluding hydrogens is 250 g/mol. The molecule has 90 valence electrons. The monoisotopic (exact) mass is 259 g/mol. The van der Waals surface area contributed by atoms with Crippen LogP contribution in [0.1, 0.15) is 5.56 Å². The molecule has 1 aromatic carbocycles. The molecular formula is C12H9N3O2S. The number of aryl methyl sites for hydroxylation is 1. The van der Waals surface area contributed by atoms with Crippen LogP contribution in [-0.2, 0) is 0 Å². The molecule has 3 aromatic rings. The molecule has 6 heteroatoms. The fourth-order valence-electron chi connectivity index (χ4n) is 1.85. The van der Waals surface area contributed by atoms with Crippen LogP contribution in [0.2, 0.25) is 0 Å². The number of aromatic amines is 1. The Morgan fingerprint density at radius 2 is 2.17 bits per heavy atom. The Kier molecular flexibility index (Phi) is 2.38. The number of fused-ring (bicyclic) bond motifs is 1. The minimum absolute atomic E-state index is 0.127. The van der Waals surface area contributed by atoms with Crippen LogP contribution < -0.4 is 0 Å². The largest absolute Gasteiger partial charge is 0.337 e. The lowest BCUT2D eigenvalue weighted by molar-refractivity contribution is -0.380. The molecule has 5 nitrogen and oxygen atoms in total. The number of hydrogen-bond donors (Lipinski definition) is 1. The minimum Gasteiger partial charge on any atom is -0.337 e. The number of benzene rings is 1. The second-order valence-electron chi connectivity index (χ2n) is 3.95. The van der Waals surface area contributed by atoms with Crippen molar-refractivity contribution >= 4 is 27.4 Å². The van der Waals surface area contributed by atoms with Crippen molar-refractivity contribution in [2.24, 2.45) is 0 Å². The van der Waals surface area contributed by atoms with Crippen molar-refractivity contribution in [3.63, 3.8) is 0 Å². The molecule has 2 aromatic heterocycles. The number of hydrogen-bond acceptors (Lipinski definition) is 4. The SMILES string of the molecule is Cc1cccc2[nH]c(-c3ccc([N+](=O)[O-])s3)nc12. The van der Waals surface area contributed by atoms with E-state index in [1.54, 1.807) is 6.07 Å². The third kappa shape index (κ3) is 1.67. The molecule has 0 saturated carbocycles. The van der Waals surface area contributed by atoms with Crippen LogP contribution in [0, 0.1) is 17.0 Å².